The van der Waals surface area contributed by atoms with E-state index in [1.807, 2.05) is 6.92 Å². The molecule has 0 saturated carbocycles. The van der Waals surface area contributed by atoms with Crippen molar-refractivity contribution in [3.63, 3.8) is 0 Å². The van der Waals surface area contributed by atoms with Crippen molar-refractivity contribution >= 4 is 23.3 Å². The lowest BCUT2D eigenvalue weighted by Crippen LogP contribution is -2.44. The molecule has 1 fully saturated rings. The molecule has 0 aliphatic carbocycles. The highest BCUT2D eigenvalue weighted by molar-refractivity contribution is 6.34. The van der Waals surface area contributed by atoms with Gasteiger partial charge in [0.15, 0.2) is 11.5 Å². The molecule has 0 radical (unpaired) electrons. The van der Waals surface area contributed by atoms with Crippen LogP contribution in [0.4, 0.5) is 5.69 Å². The van der Waals surface area contributed by atoms with E-state index in [-0.39, 0.29) is 28.5 Å². The molecule has 7 nitrogen and oxygen atoms in total. The lowest BCUT2D eigenvalue weighted by atomic mass is 9.90. The van der Waals surface area contributed by atoms with Crippen molar-refractivity contribution in [1.29, 1.82) is 0 Å². The van der Waals surface area contributed by atoms with Gasteiger partial charge in [0.1, 0.15) is 18.3 Å². The SMILES string of the molecule is COC(=O)c1cc(Cl)c(N)c2c1OCC(C1CCN(CCC(C)O)CC1)O2. The van der Waals surface area contributed by atoms with Crippen LogP contribution < -0.4 is 15.2 Å². The summed E-state index contributed by atoms with van der Waals surface area (Å²) in [5.74, 6) is 0.424. The first-order valence-corrected chi connectivity index (χ1v) is 9.68. The summed E-state index contributed by atoms with van der Waals surface area (Å²) in [6, 6.07) is 1.45. The van der Waals surface area contributed by atoms with Crippen LogP contribution in [0.25, 0.3) is 0 Å². The minimum atomic E-state index is -0.540. The smallest absolute Gasteiger partial charge is 0.341 e. The molecule has 2 heterocycles. The third-order valence-corrected chi connectivity index (χ3v) is 5.62. The molecule has 1 saturated heterocycles. The molecule has 0 amide bonds. The molecular weight excluding hydrogens is 372 g/mol. The molecule has 0 spiro atoms. The number of esters is 1. The average Bonchev–Trinajstić information content (AvgIpc) is 2.68. The van der Waals surface area contributed by atoms with Crippen LogP contribution in [0.3, 0.4) is 0 Å². The first-order valence-electron chi connectivity index (χ1n) is 9.30. The number of benzene rings is 1. The number of fused-ring (bicyclic) bond motifs is 1. The van der Waals surface area contributed by atoms with Gasteiger partial charge in [0, 0.05) is 12.5 Å². The standard InChI is InChI=1S/C19H27ClN2O5/c1-11(23)3-6-22-7-4-12(5-8-22)15-10-26-17-13(19(24)25-2)9-14(20)16(21)18(17)27-15/h9,11-12,15,23H,3-8,10,21H2,1-2H3. The Hall–Kier alpha value is -1.70. The Morgan fingerprint density at radius 3 is 2.78 bits per heavy atom. The van der Waals surface area contributed by atoms with Crippen LogP contribution in [0.15, 0.2) is 6.07 Å². The molecule has 27 heavy (non-hydrogen) atoms. The normalized spacial score (nSPS) is 21.7. The number of carbonyl (C=O) groups excluding carboxylic acids is 1. The summed E-state index contributed by atoms with van der Waals surface area (Å²) in [5, 5.41) is 9.68. The number of hydrogen-bond donors (Lipinski definition) is 2. The molecule has 150 valence electrons. The van der Waals surface area contributed by atoms with Gasteiger partial charge in [-0.25, -0.2) is 4.79 Å². The number of halogens is 1. The zero-order valence-electron chi connectivity index (χ0n) is 15.7. The summed E-state index contributed by atoms with van der Waals surface area (Å²) in [6.07, 6.45) is 2.33. The molecule has 0 aromatic heterocycles. The van der Waals surface area contributed by atoms with Crippen LogP contribution in [-0.4, -0.2) is 61.5 Å². The highest BCUT2D eigenvalue weighted by Crippen LogP contribution is 2.45. The van der Waals surface area contributed by atoms with E-state index in [4.69, 9.17) is 31.5 Å². The van der Waals surface area contributed by atoms with Gasteiger partial charge in [0.05, 0.1) is 23.9 Å². The number of piperidine rings is 1. The summed E-state index contributed by atoms with van der Waals surface area (Å²) in [4.78, 5) is 14.4. The summed E-state index contributed by atoms with van der Waals surface area (Å²) in [5.41, 5.74) is 6.57. The number of ether oxygens (including phenoxy) is 3. The van der Waals surface area contributed by atoms with Gasteiger partial charge in [-0.2, -0.15) is 0 Å². The van der Waals surface area contributed by atoms with E-state index in [1.165, 1.54) is 13.2 Å². The van der Waals surface area contributed by atoms with Gasteiger partial charge in [0.25, 0.3) is 0 Å². The van der Waals surface area contributed by atoms with Crippen LogP contribution in [0.5, 0.6) is 11.5 Å². The Labute approximate surface area is 164 Å². The highest BCUT2D eigenvalue weighted by Gasteiger charge is 2.35. The minimum Gasteiger partial charge on any atom is -0.485 e. The van der Waals surface area contributed by atoms with Crippen molar-refractivity contribution in [3.05, 3.63) is 16.7 Å². The monoisotopic (exact) mass is 398 g/mol. The van der Waals surface area contributed by atoms with Crippen molar-refractivity contribution in [3.8, 4) is 11.5 Å². The number of anilines is 1. The first-order chi connectivity index (χ1) is 12.9. The van der Waals surface area contributed by atoms with E-state index in [1.54, 1.807) is 0 Å². The van der Waals surface area contributed by atoms with E-state index >= 15 is 0 Å². The maximum absolute atomic E-state index is 12.0. The number of nitrogens with two attached hydrogens (primary N) is 1. The fourth-order valence-corrected chi connectivity index (χ4v) is 3.84. The topological polar surface area (TPSA) is 94.2 Å². The Morgan fingerprint density at radius 1 is 1.44 bits per heavy atom. The van der Waals surface area contributed by atoms with Crippen molar-refractivity contribution in [2.24, 2.45) is 5.92 Å². The zero-order valence-corrected chi connectivity index (χ0v) is 16.5. The van der Waals surface area contributed by atoms with Crippen LogP contribution in [0.1, 0.15) is 36.5 Å². The number of nitrogens with zero attached hydrogens (tertiary/aromatic N) is 1. The second-order valence-corrected chi connectivity index (χ2v) is 7.66. The quantitative estimate of drug-likeness (QED) is 0.580. The number of methoxy groups -OCH3 is 1. The highest BCUT2D eigenvalue weighted by atomic mass is 35.5. The Morgan fingerprint density at radius 2 is 2.15 bits per heavy atom. The van der Waals surface area contributed by atoms with Gasteiger partial charge >= 0.3 is 5.97 Å². The molecule has 1 aromatic carbocycles. The van der Waals surface area contributed by atoms with E-state index in [2.05, 4.69) is 4.90 Å². The van der Waals surface area contributed by atoms with Gasteiger partial charge in [-0.05, 0) is 45.3 Å². The van der Waals surface area contributed by atoms with Gasteiger partial charge in [0.2, 0.25) is 0 Å². The third-order valence-electron chi connectivity index (χ3n) is 5.31. The van der Waals surface area contributed by atoms with Gasteiger partial charge < -0.3 is 30.0 Å². The lowest BCUT2D eigenvalue weighted by Gasteiger charge is -2.38. The fraction of sp³-hybridized carbons (Fsp3) is 0.632. The van der Waals surface area contributed by atoms with E-state index in [9.17, 15) is 9.90 Å². The van der Waals surface area contributed by atoms with Crippen molar-refractivity contribution in [2.45, 2.75) is 38.4 Å². The number of aliphatic hydroxyl groups excluding tert-OH is 1. The Bertz CT molecular complexity index is 689. The number of likely N-dealkylation sites (tertiary alicyclic amines) is 1. The predicted octanol–water partition coefficient (Wildman–Crippen LogP) is 2.33. The lowest BCUT2D eigenvalue weighted by molar-refractivity contribution is 0.0182. The summed E-state index contributed by atoms with van der Waals surface area (Å²) in [7, 11) is 1.30. The first kappa shape index (κ1) is 20.0. The molecule has 2 aliphatic heterocycles. The number of carbonyl (C=O) groups is 1. The summed E-state index contributed by atoms with van der Waals surface area (Å²) in [6.45, 7) is 5.00. The molecule has 0 bridgehead atoms. The maximum atomic E-state index is 12.0. The molecule has 3 N–H and O–H groups in total. The molecule has 2 aliphatic rings. The third kappa shape index (κ3) is 4.42. The maximum Gasteiger partial charge on any atom is 0.341 e. The minimum absolute atomic E-state index is 0.136. The van der Waals surface area contributed by atoms with Gasteiger partial charge in [-0.15, -0.1) is 0 Å². The Kier molecular flexibility index (Phi) is 6.34. The van der Waals surface area contributed by atoms with Crippen molar-refractivity contribution in [2.75, 3.05) is 39.1 Å². The van der Waals surface area contributed by atoms with Gasteiger partial charge in [-0.3, -0.25) is 0 Å². The summed E-state index contributed by atoms with van der Waals surface area (Å²) < 4.78 is 16.8. The number of aliphatic hydroxyl groups is 1. The van der Waals surface area contributed by atoms with Crippen molar-refractivity contribution in [1.82, 2.24) is 4.90 Å². The molecule has 2 atom stereocenters. The van der Waals surface area contributed by atoms with E-state index in [0.29, 0.717) is 24.0 Å². The predicted molar refractivity (Wildman–Crippen MR) is 103 cm³/mol. The molecule has 2 unspecified atom stereocenters. The van der Waals surface area contributed by atoms with Crippen LogP contribution >= 0.6 is 11.6 Å². The fourth-order valence-electron chi connectivity index (χ4n) is 3.65. The molecule has 8 heteroatoms. The number of rotatable bonds is 5. The average molecular weight is 399 g/mol. The van der Waals surface area contributed by atoms with Gasteiger partial charge in [-0.1, -0.05) is 11.6 Å². The number of hydrogen-bond acceptors (Lipinski definition) is 7. The van der Waals surface area contributed by atoms with E-state index < -0.39 is 5.97 Å². The zero-order chi connectivity index (χ0) is 19.6. The second kappa shape index (κ2) is 8.54. The van der Waals surface area contributed by atoms with Crippen LogP contribution in [0, 0.1) is 5.92 Å². The number of nitrogen functional groups attached to an aromatic ring is 1. The van der Waals surface area contributed by atoms with E-state index in [0.717, 1.165) is 38.9 Å². The second-order valence-electron chi connectivity index (χ2n) is 7.25. The Balaban J connectivity index is 1.68. The summed E-state index contributed by atoms with van der Waals surface area (Å²) >= 11 is 6.17. The van der Waals surface area contributed by atoms with Crippen molar-refractivity contribution < 1.29 is 24.1 Å². The largest absolute Gasteiger partial charge is 0.485 e. The van der Waals surface area contributed by atoms with Crippen LogP contribution in [-0.2, 0) is 4.74 Å². The molecule has 3 rings (SSSR count). The molecular formula is C19H27ClN2O5. The molecule has 1 aromatic rings. The van der Waals surface area contributed by atoms with Crippen LogP contribution in [0.2, 0.25) is 5.02 Å².